The molecule has 0 aromatic heterocycles. The van der Waals surface area contributed by atoms with Crippen molar-refractivity contribution in [1.82, 2.24) is 10.2 Å². The second-order valence-electron chi connectivity index (χ2n) is 6.38. The van der Waals surface area contributed by atoms with Crippen LogP contribution in [0.4, 0.5) is 18.9 Å². The van der Waals surface area contributed by atoms with Gasteiger partial charge < -0.3 is 15.1 Å². The lowest BCUT2D eigenvalue weighted by Crippen LogP contribution is -2.44. The Hall–Kier alpha value is -2.25. The van der Waals surface area contributed by atoms with Gasteiger partial charge in [0.1, 0.15) is 0 Å². The van der Waals surface area contributed by atoms with Crippen LogP contribution in [0, 0.1) is 5.92 Å². The average Bonchev–Trinajstić information content (AvgIpc) is 2.58. The highest BCUT2D eigenvalue weighted by atomic mass is 19.4. The topological polar surface area (TPSA) is 52.7 Å². The summed E-state index contributed by atoms with van der Waals surface area (Å²) in [6.45, 7) is 0.930. The van der Waals surface area contributed by atoms with Crippen LogP contribution in [0.1, 0.15) is 23.2 Å². The molecule has 0 unspecified atom stereocenters. The van der Waals surface area contributed by atoms with Crippen LogP contribution in [0.25, 0.3) is 0 Å². The van der Waals surface area contributed by atoms with Gasteiger partial charge in [-0.15, -0.1) is 0 Å². The third-order valence-corrected chi connectivity index (χ3v) is 4.34. The van der Waals surface area contributed by atoms with E-state index in [4.69, 9.17) is 0 Å². The number of carbonyl (C=O) groups is 2. The molecular weight excluding hydrogens is 335 g/mol. The molecule has 1 aliphatic rings. The molecule has 5 nitrogen and oxygen atoms in total. The predicted octanol–water partition coefficient (Wildman–Crippen LogP) is 2.28. The molecule has 2 amide bonds. The van der Waals surface area contributed by atoms with E-state index in [0.717, 1.165) is 5.69 Å². The molecule has 1 N–H and O–H groups in total. The van der Waals surface area contributed by atoms with Gasteiger partial charge in [-0.3, -0.25) is 9.59 Å². The molecule has 1 aliphatic heterocycles. The summed E-state index contributed by atoms with van der Waals surface area (Å²) in [4.78, 5) is 27.0. The van der Waals surface area contributed by atoms with Gasteiger partial charge in [-0.25, -0.2) is 0 Å². The molecule has 1 heterocycles. The molecule has 0 aliphatic carbocycles. The minimum atomic E-state index is -4.85. The molecule has 1 aromatic carbocycles. The van der Waals surface area contributed by atoms with Crippen LogP contribution in [0.15, 0.2) is 24.3 Å². The van der Waals surface area contributed by atoms with Crippen LogP contribution in [0.2, 0.25) is 0 Å². The maximum atomic E-state index is 12.5. The van der Waals surface area contributed by atoms with Gasteiger partial charge in [0.05, 0.1) is 0 Å². The molecule has 2 rings (SSSR count). The van der Waals surface area contributed by atoms with Crippen molar-refractivity contribution in [3.8, 4) is 0 Å². The first-order valence-corrected chi connectivity index (χ1v) is 8.10. The summed E-state index contributed by atoms with van der Waals surface area (Å²) in [5, 5.41) is 1.91. The van der Waals surface area contributed by atoms with Crippen LogP contribution in [0.3, 0.4) is 0 Å². The Bertz CT molecular complexity index is 607. The lowest BCUT2D eigenvalue weighted by Gasteiger charge is -2.32. The highest BCUT2D eigenvalue weighted by molar-refractivity contribution is 5.94. The van der Waals surface area contributed by atoms with E-state index in [1.54, 1.807) is 17.0 Å². The van der Waals surface area contributed by atoms with E-state index in [-0.39, 0.29) is 18.4 Å². The molecule has 0 saturated carbocycles. The Morgan fingerprint density at radius 3 is 2.20 bits per heavy atom. The number of likely N-dealkylation sites (tertiary alicyclic amines) is 1. The van der Waals surface area contributed by atoms with Crippen molar-refractivity contribution < 1.29 is 22.8 Å². The Morgan fingerprint density at radius 1 is 1.16 bits per heavy atom. The third-order valence-electron chi connectivity index (χ3n) is 4.34. The Labute approximate surface area is 144 Å². The van der Waals surface area contributed by atoms with Crippen LogP contribution in [0.5, 0.6) is 0 Å². The minimum absolute atomic E-state index is 0.0160. The van der Waals surface area contributed by atoms with Crippen molar-refractivity contribution in [2.24, 2.45) is 5.92 Å². The number of anilines is 1. The number of amides is 2. The van der Waals surface area contributed by atoms with Gasteiger partial charge in [0, 0.05) is 45.0 Å². The summed E-state index contributed by atoms with van der Waals surface area (Å²) in [5.74, 6) is -2.04. The first-order valence-electron chi connectivity index (χ1n) is 8.10. The number of benzene rings is 1. The summed E-state index contributed by atoms with van der Waals surface area (Å²) in [7, 11) is 3.83. The van der Waals surface area contributed by atoms with E-state index in [2.05, 4.69) is 0 Å². The Kier molecular flexibility index (Phi) is 5.92. The van der Waals surface area contributed by atoms with Gasteiger partial charge in [-0.05, 0) is 43.0 Å². The summed E-state index contributed by atoms with van der Waals surface area (Å²) >= 11 is 0. The zero-order chi connectivity index (χ0) is 18.6. The Balaban J connectivity index is 1.83. The number of piperidine rings is 1. The average molecular weight is 357 g/mol. The number of hydrogen-bond acceptors (Lipinski definition) is 3. The summed E-state index contributed by atoms with van der Waals surface area (Å²) in [5.41, 5.74) is 1.59. The fourth-order valence-corrected chi connectivity index (χ4v) is 2.76. The molecule has 25 heavy (non-hydrogen) atoms. The second-order valence-corrected chi connectivity index (χ2v) is 6.38. The molecule has 1 aromatic rings. The van der Waals surface area contributed by atoms with Crippen LogP contribution >= 0.6 is 0 Å². The number of carbonyl (C=O) groups excluding carboxylic acids is 2. The largest absolute Gasteiger partial charge is 0.471 e. The van der Waals surface area contributed by atoms with E-state index < -0.39 is 12.1 Å². The van der Waals surface area contributed by atoms with Gasteiger partial charge in [0.25, 0.3) is 5.91 Å². The van der Waals surface area contributed by atoms with Crippen LogP contribution in [-0.2, 0) is 4.79 Å². The lowest BCUT2D eigenvalue weighted by molar-refractivity contribution is -0.173. The van der Waals surface area contributed by atoms with Crippen molar-refractivity contribution >= 4 is 17.5 Å². The van der Waals surface area contributed by atoms with Gasteiger partial charge >= 0.3 is 12.1 Å². The molecule has 0 atom stereocenters. The normalized spacial score (nSPS) is 15.8. The highest BCUT2D eigenvalue weighted by Gasteiger charge is 2.38. The number of hydrogen-bond donors (Lipinski definition) is 1. The molecule has 1 fully saturated rings. The first kappa shape index (κ1) is 19.1. The maximum Gasteiger partial charge on any atom is 0.471 e. The summed E-state index contributed by atoms with van der Waals surface area (Å²) in [6, 6.07) is 7.28. The molecule has 8 heteroatoms. The smallest absolute Gasteiger partial charge is 0.378 e. The lowest BCUT2D eigenvalue weighted by atomic mass is 9.96. The van der Waals surface area contributed by atoms with E-state index >= 15 is 0 Å². The second kappa shape index (κ2) is 7.76. The summed E-state index contributed by atoms with van der Waals surface area (Å²) in [6.07, 6.45) is -3.71. The van der Waals surface area contributed by atoms with Crippen molar-refractivity contribution in [3.63, 3.8) is 0 Å². The van der Waals surface area contributed by atoms with Crippen molar-refractivity contribution in [2.45, 2.75) is 19.0 Å². The zero-order valence-corrected chi connectivity index (χ0v) is 14.3. The fourth-order valence-electron chi connectivity index (χ4n) is 2.76. The molecule has 138 valence electrons. The highest BCUT2D eigenvalue weighted by Crippen LogP contribution is 2.21. The third kappa shape index (κ3) is 5.11. The fraction of sp³-hybridized carbons (Fsp3) is 0.529. The minimum Gasteiger partial charge on any atom is -0.378 e. The standard InChI is InChI=1S/C17H22F3N3O2/c1-22(2)14-5-3-13(4-6-14)15(24)23-9-7-12(8-10-23)11-21-16(25)17(18,19)20/h3-6,12H,7-11H2,1-2H3,(H,21,25). The Morgan fingerprint density at radius 2 is 1.72 bits per heavy atom. The monoisotopic (exact) mass is 357 g/mol. The van der Waals surface area contributed by atoms with E-state index in [9.17, 15) is 22.8 Å². The van der Waals surface area contributed by atoms with Gasteiger partial charge in [0.2, 0.25) is 0 Å². The summed E-state index contributed by atoms with van der Waals surface area (Å²) < 4.78 is 36.5. The van der Waals surface area contributed by atoms with E-state index in [0.29, 0.717) is 31.5 Å². The van der Waals surface area contributed by atoms with E-state index in [1.165, 1.54) is 0 Å². The quantitative estimate of drug-likeness (QED) is 0.900. The van der Waals surface area contributed by atoms with Crippen molar-refractivity contribution in [3.05, 3.63) is 29.8 Å². The van der Waals surface area contributed by atoms with Crippen molar-refractivity contribution in [1.29, 1.82) is 0 Å². The number of rotatable bonds is 4. The molecule has 0 radical (unpaired) electrons. The zero-order valence-electron chi connectivity index (χ0n) is 14.3. The number of alkyl halides is 3. The van der Waals surface area contributed by atoms with Gasteiger partial charge in [0.15, 0.2) is 0 Å². The first-order chi connectivity index (χ1) is 11.7. The van der Waals surface area contributed by atoms with Gasteiger partial charge in [-0.1, -0.05) is 0 Å². The number of nitrogens with one attached hydrogen (secondary N) is 1. The molecule has 1 saturated heterocycles. The number of halogens is 3. The van der Waals surface area contributed by atoms with Crippen molar-refractivity contribution in [2.75, 3.05) is 38.6 Å². The van der Waals surface area contributed by atoms with Crippen LogP contribution < -0.4 is 10.2 Å². The molecular formula is C17H22F3N3O2. The maximum absolute atomic E-state index is 12.5. The van der Waals surface area contributed by atoms with Gasteiger partial charge in [-0.2, -0.15) is 13.2 Å². The van der Waals surface area contributed by atoms with Crippen LogP contribution in [-0.4, -0.2) is 56.6 Å². The molecule has 0 spiro atoms. The SMILES string of the molecule is CN(C)c1ccc(C(=O)N2CCC(CNC(=O)C(F)(F)F)CC2)cc1. The molecule has 0 bridgehead atoms. The van der Waals surface area contributed by atoms with E-state index in [1.807, 2.05) is 36.4 Å². The number of nitrogens with zero attached hydrogens (tertiary/aromatic N) is 2. The predicted molar refractivity (Wildman–Crippen MR) is 88.5 cm³/mol.